The van der Waals surface area contributed by atoms with E-state index >= 15 is 0 Å². The summed E-state index contributed by atoms with van der Waals surface area (Å²) in [6, 6.07) is 11.1. The number of aryl methyl sites for hydroxylation is 2. The summed E-state index contributed by atoms with van der Waals surface area (Å²) in [4.78, 5) is 12.4. The summed E-state index contributed by atoms with van der Waals surface area (Å²) < 4.78 is 7.02. The first-order chi connectivity index (χ1) is 12.0. The third kappa shape index (κ3) is 3.49. The Bertz CT molecular complexity index is 864. The maximum atomic E-state index is 12.4. The molecule has 1 aromatic carbocycles. The minimum absolute atomic E-state index is 0.132. The Labute approximate surface area is 146 Å². The number of aromatic nitrogens is 2. The smallest absolute Gasteiger partial charge is 0.255 e. The Morgan fingerprint density at radius 3 is 2.56 bits per heavy atom. The van der Waals surface area contributed by atoms with E-state index in [1.807, 2.05) is 43.3 Å². The number of carbonyl (C=O) groups is 1. The standard InChI is InChI=1S/C19H21N3O3/c1-12-18(13(2)22(3)21-12)19(24)20-11-16(23)14-6-8-15(9-7-14)17-5-4-10-25-17/h4-10,16,23H,11H2,1-3H3,(H,20,24)/t16-/m1/s1. The van der Waals surface area contributed by atoms with Crippen LogP contribution in [0.15, 0.2) is 47.1 Å². The van der Waals surface area contributed by atoms with Crippen molar-refractivity contribution in [2.75, 3.05) is 6.54 Å². The van der Waals surface area contributed by atoms with Crippen molar-refractivity contribution >= 4 is 5.91 Å². The zero-order valence-electron chi connectivity index (χ0n) is 14.5. The van der Waals surface area contributed by atoms with E-state index in [1.165, 1.54) is 0 Å². The second-order valence-corrected chi connectivity index (χ2v) is 5.99. The number of nitrogens with zero attached hydrogens (tertiary/aromatic N) is 2. The van der Waals surface area contributed by atoms with Gasteiger partial charge >= 0.3 is 0 Å². The molecular weight excluding hydrogens is 318 g/mol. The second kappa shape index (κ2) is 6.94. The third-order valence-electron chi connectivity index (χ3n) is 4.29. The van der Waals surface area contributed by atoms with Crippen molar-refractivity contribution in [3.8, 4) is 11.3 Å². The van der Waals surface area contributed by atoms with Gasteiger partial charge in [-0.2, -0.15) is 5.10 Å². The number of rotatable bonds is 5. The normalized spacial score (nSPS) is 12.2. The molecule has 0 bridgehead atoms. The molecule has 0 unspecified atom stereocenters. The lowest BCUT2D eigenvalue weighted by Crippen LogP contribution is -2.29. The van der Waals surface area contributed by atoms with Crippen LogP contribution in [0.1, 0.15) is 33.4 Å². The first kappa shape index (κ1) is 17.0. The number of aliphatic hydroxyl groups is 1. The number of amides is 1. The van der Waals surface area contributed by atoms with Crippen LogP contribution < -0.4 is 5.32 Å². The highest BCUT2D eigenvalue weighted by molar-refractivity contribution is 5.96. The van der Waals surface area contributed by atoms with E-state index in [0.717, 1.165) is 22.6 Å². The van der Waals surface area contributed by atoms with Crippen LogP contribution >= 0.6 is 0 Å². The van der Waals surface area contributed by atoms with Crippen LogP contribution in [0.4, 0.5) is 0 Å². The van der Waals surface area contributed by atoms with Crippen LogP contribution in [-0.4, -0.2) is 27.3 Å². The van der Waals surface area contributed by atoms with E-state index in [0.29, 0.717) is 11.3 Å². The molecule has 0 spiro atoms. The van der Waals surface area contributed by atoms with Gasteiger partial charge in [-0.25, -0.2) is 0 Å². The number of furan rings is 1. The van der Waals surface area contributed by atoms with Crippen molar-refractivity contribution in [3.63, 3.8) is 0 Å². The van der Waals surface area contributed by atoms with E-state index in [1.54, 1.807) is 24.9 Å². The highest BCUT2D eigenvalue weighted by atomic mass is 16.3. The minimum atomic E-state index is -0.785. The third-order valence-corrected chi connectivity index (χ3v) is 4.29. The summed E-state index contributed by atoms with van der Waals surface area (Å²) in [5.41, 5.74) is 3.70. The molecule has 2 heterocycles. The molecule has 1 atom stereocenters. The molecule has 2 N–H and O–H groups in total. The summed E-state index contributed by atoms with van der Waals surface area (Å²) in [6.45, 7) is 3.77. The Morgan fingerprint density at radius 1 is 1.28 bits per heavy atom. The summed E-state index contributed by atoms with van der Waals surface area (Å²) in [5, 5.41) is 17.3. The molecule has 3 aromatic rings. The average Bonchev–Trinajstić information content (AvgIpc) is 3.22. The molecule has 130 valence electrons. The van der Waals surface area contributed by atoms with Gasteiger partial charge < -0.3 is 14.8 Å². The van der Waals surface area contributed by atoms with Crippen molar-refractivity contribution in [2.45, 2.75) is 20.0 Å². The van der Waals surface area contributed by atoms with Crippen molar-refractivity contribution in [3.05, 3.63) is 65.2 Å². The van der Waals surface area contributed by atoms with Crippen LogP contribution in [0.5, 0.6) is 0 Å². The lowest BCUT2D eigenvalue weighted by Gasteiger charge is -2.13. The lowest BCUT2D eigenvalue weighted by molar-refractivity contribution is 0.0915. The quantitative estimate of drug-likeness (QED) is 0.749. The van der Waals surface area contributed by atoms with Gasteiger partial charge in [0.05, 0.1) is 23.6 Å². The summed E-state index contributed by atoms with van der Waals surface area (Å²) in [6.07, 6.45) is 0.836. The Morgan fingerprint density at radius 2 is 2.00 bits per heavy atom. The largest absolute Gasteiger partial charge is 0.464 e. The monoisotopic (exact) mass is 339 g/mol. The van der Waals surface area contributed by atoms with Gasteiger partial charge in [0, 0.05) is 24.8 Å². The number of hydrogen-bond donors (Lipinski definition) is 2. The molecule has 0 aliphatic rings. The van der Waals surface area contributed by atoms with E-state index in [4.69, 9.17) is 4.42 Å². The van der Waals surface area contributed by atoms with E-state index in [-0.39, 0.29) is 12.5 Å². The first-order valence-corrected chi connectivity index (χ1v) is 8.07. The van der Waals surface area contributed by atoms with Crippen LogP contribution in [-0.2, 0) is 7.05 Å². The topological polar surface area (TPSA) is 80.3 Å². The fourth-order valence-corrected chi connectivity index (χ4v) is 2.81. The number of nitrogens with one attached hydrogen (secondary N) is 1. The molecule has 2 aromatic heterocycles. The van der Waals surface area contributed by atoms with Crippen LogP contribution in [0.2, 0.25) is 0 Å². The fourth-order valence-electron chi connectivity index (χ4n) is 2.81. The van der Waals surface area contributed by atoms with Crippen LogP contribution in [0.25, 0.3) is 11.3 Å². The Hall–Kier alpha value is -2.86. The Balaban J connectivity index is 1.64. The van der Waals surface area contributed by atoms with Crippen molar-refractivity contribution in [2.24, 2.45) is 7.05 Å². The van der Waals surface area contributed by atoms with Gasteiger partial charge in [-0.3, -0.25) is 9.48 Å². The SMILES string of the molecule is Cc1nn(C)c(C)c1C(=O)NC[C@@H](O)c1ccc(-c2ccco2)cc1. The molecule has 0 saturated carbocycles. The van der Waals surface area contributed by atoms with Gasteiger partial charge in [0.1, 0.15) is 5.76 Å². The predicted molar refractivity (Wildman–Crippen MR) is 94.1 cm³/mol. The zero-order valence-corrected chi connectivity index (χ0v) is 14.5. The molecule has 0 fully saturated rings. The fraction of sp³-hybridized carbons (Fsp3) is 0.263. The van der Waals surface area contributed by atoms with Gasteiger partial charge in [0.25, 0.3) is 5.91 Å². The van der Waals surface area contributed by atoms with E-state index in [2.05, 4.69) is 10.4 Å². The second-order valence-electron chi connectivity index (χ2n) is 5.99. The molecule has 6 heteroatoms. The van der Waals surface area contributed by atoms with E-state index < -0.39 is 6.10 Å². The molecular formula is C19H21N3O3. The molecule has 0 radical (unpaired) electrons. The van der Waals surface area contributed by atoms with Gasteiger partial charge in [0.15, 0.2) is 0 Å². The molecule has 3 rings (SSSR count). The minimum Gasteiger partial charge on any atom is -0.464 e. The van der Waals surface area contributed by atoms with Crippen molar-refractivity contribution < 1.29 is 14.3 Å². The average molecular weight is 339 g/mol. The Kier molecular flexibility index (Phi) is 4.72. The van der Waals surface area contributed by atoms with Crippen molar-refractivity contribution in [1.29, 1.82) is 0 Å². The number of benzene rings is 1. The molecule has 1 amide bonds. The maximum Gasteiger partial charge on any atom is 0.255 e. The number of carbonyl (C=O) groups excluding carboxylic acids is 1. The molecule has 0 aliphatic carbocycles. The number of hydrogen-bond acceptors (Lipinski definition) is 4. The summed E-state index contributed by atoms with van der Waals surface area (Å²) >= 11 is 0. The molecule has 25 heavy (non-hydrogen) atoms. The number of aliphatic hydroxyl groups excluding tert-OH is 1. The molecule has 0 saturated heterocycles. The highest BCUT2D eigenvalue weighted by Crippen LogP contribution is 2.22. The summed E-state index contributed by atoms with van der Waals surface area (Å²) in [5.74, 6) is 0.547. The molecule has 0 aliphatic heterocycles. The summed E-state index contributed by atoms with van der Waals surface area (Å²) in [7, 11) is 1.80. The predicted octanol–water partition coefficient (Wildman–Crippen LogP) is 2.76. The maximum absolute atomic E-state index is 12.4. The zero-order chi connectivity index (χ0) is 18.0. The van der Waals surface area contributed by atoms with Gasteiger partial charge in [-0.05, 0) is 31.5 Å². The lowest BCUT2D eigenvalue weighted by atomic mass is 10.1. The molecule has 6 nitrogen and oxygen atoms in total. The van der Waals surface area contributed by atoms with Crippen molar-refractivity contribution in [1.82, 2.24) is 15.1 Å². The van der Waals surface area contributed by atoms with Gasteiger partial charge in [0.2, 0.25) is 0 Å². The van der Waals surface area contributed by atoms with Crippen LogP contribution in [0, 0.1) is 13.8 Å². The van der Waals surface area contributed by atoms with Gasteiger partial charge in [-0.1, -0.05) is 24.3 Å². The van der Waals surface area contributed by atoms with Crippen LogP contribution in [0.3, 0.4) is 0 Å². The first-order valence-electron chi connectivity index (χ1n) is 8.07. The highest BCUT2D eigenvalue weighted by Gasteiger charge is 2.18. The van der Waals surface area contributed by atoms with E-state index in [9.17, 15) is 9.90 Å². The van der Waals surface area contributed by atoms with Gasteiger partial charge in [-0.15, -0.1) is 0 Å².